The topological polar surface area (TPSA) is 39.1 Å². The zero-order chi connectivity index (χ0) is 13.7. The SMILES string of the molecule is COCCCNc1nc(C)cn1-c1ccccc1C. The molecule has 4 heteroatoms. The lowest BCUT2D eigenvalue weighted by atomic mass is 10.2. The normalized spacial score (nSPS) is 10.7. The Morgan fingerprint density at radius 1 is 1.26 bits per heavy atom. The first-order valence-corrected chi connectivity index (χ1v) is 6.57. The van der Waals surface area contributed by atoms with E-state index in [1.54, 1.807) is 7.11 Å². The fraction of sp³-hybridized carbons (Fsp3) is 0.400. The van der Waals surface area contributed by atoms with E-state index in [0.717, 1.165) is 36.9 Å². The van der Waals surface area contributed by atoms with Crippen LogP contribution in [0.25, 0.3) is 5.69 Å². The number of rotatable bonds is 6. The molecule has 0 saturated carbocycles. The second-order valence-electron chi connectivity index (χ2n) is 4.64. The molecule has 19 heavy (non-hydrogen) atoms. The molecule has 0 radical (unpaired) electrons. The Morgan fingerprint density at radius 3 is 2.79 bits per heavy atom. The molecule has 0 saturated heterocycles. The summed E-state index contributed by atoms with van der Waals surface area (Å²) >= 11 is 0. The number of aryl methyl sites for hydroxylation is 2. The van der Waals surface area contributed by atoms with Gasteiger partial charge < -0.3 is 10.1 Å². The van der Waals surface area contributed by atoms with Crippen LogP contribution in [-0.2, 0) is 4.74 Å². The zero-order valence-corrected chi connectivity index (χ0v) is 11.8. The van der Waals surface area contributed by atoms with Crippen molar-refractivity contribution in [1.82, 2.24) is 9.55 Å². The lowest BCUT2D eigenvalue weighted by Crippen LogP contribution is -2.09. The molecule has 1 N–H and O–H groups in total. The third-order valence-corrected chi connectivity index (χ3v) is 3.01. The van der Waals surface area contributed by atoms with Crippen LogP contribution in [0.3, 0.4) is 0 Å². The molecule has 0 aliphatic rings. The smallest absolute Gasteiger partial charge is 0.207 e. The Bertz CT molecular complexity index is 534. The number of nitrogens with zero attached hydrogens (tertiary/aromatic N) is 2. The highest BCUT2D eigenvalue weighted by molar-refractivity contribution is 5.47. The molecule has 0 bridgehead atoms. The van der Waals surface area contributed by atoms with Gasteiger partial charge in [0.1, 0.15) is 0 Å². The fourth-order valence-corrected chi connectivity index (χ4v) is 2.06. The van der Waals surface area contributed by atoms with Crippen molar-refractivity contribution >= 4 is 5.95 Å². The van der Waals surface area contributed by atoms with Crippen molar-refractivity contribution in [2.75, 3.05) is 25.6 Å². The average Bonchev–Trinajstić information content (AvgIpc) is 2.76. The van der Waals surface area contributed by atoms with Gasteiger partial charge in [-0.25, -0.2) is 4.98 Å². The van der Waals surface area contributed by atoms with E-state index < -0.39 is 0 Å². The Hall–Kier alpha value is -1.81. The molecule has 0 spiro atoms. The van der Waals surface area contributed by atoms with Crippen molar-refractivity contribution in [2.45, 2.75) is 20.3 Å². The van der Waals surface area contributed by atoms with Crippen LogP contribution in [0, 0.1) is 13.8 Å². The molecule has 102 valence electrons. The lowest BCUT2D eigenvalue weighted by molar-refractivity contribution is 0.197. The highest BCUT2D eigenvalue weighted by Gasteiger charge is 2.08. The van der Waals surface area contributed by atoms with E-state index in [4.69, 9.17) is 4.74 Å². The van der Waals surface area contributed by atoms with E-state index >= 15 is 0 Å². The number of para-hydroxylation sites is 1. The summed E-state index contributed by atoms with van der Waals surface area (Å²) < 4.78 is 7.16. The van der Waals surface area contributed by atoms with Crippen LogP contribution in [0.5, 0.6) is 0 Å². The monoisotopic (exact) mass is 259 g/mol. The summed E-state index contributed by atoms with van der Waals surface area (Å²) in [7, 11) is 1.72. The van der Waals surface area contributed by atoms with Gasteiger partial charge in [0.15, 0.2) is 0 Å². The standard InChI is InChI=1S/C15H21N3O/c1-12-7-4-5-8-14(12)18-11-13(2)17-15(18)16-9-6-10-19-3/h4-5,7-8,11H,6,9-10H2,1-3H3,(H,16,17). The molecule has 4 nitrogen and oxygen atoms in total. The van der Waals surface area contributed by atoms with Crippen molar-refractivity contribution in [1.29, 1.82) is 0 Å². The van der Waals surface area contributed by atoms with Crippen LogP contribution in [0.2, 0.25) is 0 Å². The van der Waals surface area contributed by atoms with E-state index in [1.165, 1.54) is 5.56 Å². The number of hydrogen-bond donors (Lipinski definition) is 1. The molecule has 0 unspecified atom stereocenters. The molecule has 1 aromatic heterocycles. The van der Waals surface area contributed by atoms with E-state index in [-0.39, 0.29) is 0 Å². The van der Waals surface area contributed by atoms with Crippen LogP contribution in [0.15, 0.2) is 30.5 Å². The van der Waals surface area contributed by atoms with E-state index in [0.29, 0.717) is 0 Å². The molecule has 0 amide bonds. The first kappa shape index (κ1) is 13.6. The van der Waals surface area contributed by atoms with Gasteiger partial charge >= 0.3 is 0 Å². The van der Waals surface area contributed by atoms with Crippen molar-refractivity contribution in [3.63, 3.8) is 0 Å². The molecule has 1 aromatic carbocycles. The van der Waals surface area contributed by atoms with Crippen molar-refractivity contribution in [2.24, 2.45) is 0 Å². The largest absolute Gasteiger partial charge is 0.385 e. The van der Waals surface area contributed by atoms with Crippen LogP contribution in [0.4, 0.5) is 5.95 Å². The molecule has 0 aliphatic heterocycles. The summed E-state index contributed by atoms with van der Waals surface area (Å²) in [5, 5.41) is 3.37. The fourth-order valence-electron chi connectivity index (χ4n) is 2.06. The number of aromatic nitrogens is 2. The minimum absolute atomic E-state index is 0.761. The third-order valence-electron chi connectivity index (χ3n) is 3.01. The summed E-state index contributed by atoms with van der Waals surface area (Å²) in [6, 6.07) is 8.32. The number of methoxy groups -OCH3 is 1. The average molecular weight is 259 g/mol. The van der Waals surface area contributed by atoms with Gasteiger partial charge in [0, 0.05) is 26.5 Å². The van der Waals surface area contributed by atoms with Gasteiger partial charge in [-0.2, -0.15) is 0 Å². The van der Waals surface area contributed by atoms with Gasteiger partial charge in [-0.05, 0) is 31.9 Å². The molecule has 0 atom stereocenters. The molecule has 2 aromatic rings. The maximum absolute atomic E-state index is 5.05. The zero-order valence-electron chi connectivity index (χ0n) is 11.8. The summed E-state index contributed by atoms with van der Waals surface area (Å²) in [6.45, 7) is 5.74. The lowest BCUT2D eigenvalue weighted by Gasteiger charge is -2.11. The maximum Gasteiger partial charge on any atom is 0.207 e. The first-order chi connectivity index (χ1) is 9.22. The molecule has 0 fully saturated rings. The number of imidazole rings is 1. The molecule has 0 aliphatic carbocycles. The van der Waals surface area contributed by atoms with Gasteiger partial charge in [-0.1, -0.05) is 18.2 Å². The Morgan fingerprint density at radius 2 is 2.05 bits per heavy atom. The minimum atomic E-state index is 0.761. The van der Waals surface area contributed by atoms with Crippen molar-refractivity contribution < 1.29 is 4.74 Å². The summed E-state index contributed by atoms with van der Waals surface area (Å²) in [5.74, 6) is 0.892. The Labute approximate surface area is 114 Å². The van der Waals surface area contributed by atoms with Crippen molar-refractivity contribution in [3.05, 3.63) is 41.7 Å². The second kappa shape index (κ2) is 6.38. The summed E-state index contributed by atoms with van der Waals surface area (Å²) in [6.07, 6.45) is 3.02. The predicted molar refractivity (Wildman–Crippen MR) is 78.0 cm³/mol. The summed E-state index contributed by atoms with van der Waals surface area (Å²) in [4.78, 5) is 4.54. The first-order valence-electron chi connectivity index (χ1n) is 6.57. The molecule has 1 heterocycles. The number of ether oxygens (including phenoxy) is 1. The van der Waals surface area contributed by atoms with E-state index in [9.17, 15) is 0 Å². The van der Waals surface area contributed by atoms with Gasteiger partial charge in [-0.15, -0.1) is 0 Å². The van der Waals surface area contributed by atoms with E-state index in [2.05, 4.69) is 40.1 Å². The van der Waals surface area contributed by atoms with Crippen LogP contribution in [0.1, 0.15) is 17.7 Å². The Kier molecular flexibility index (Phi) is 4.58. The number of nitrogens with one attached hydrogen (secondary N) is 1. The number of anilines is 1. The second-order valence-corrected chi connectivity index (χ2v) is 4.64. The molecular formula is C15H21N3O. The quantitative estimate of drug-likeness (QED) is 0.811. The van der Waals surface area contributed by atoms with Gasteiger partial charge in [0.2, 0.25) is 5.95 Å². The van der Waals surface area contributed by atoms with Crippen LogP contribution >= 0.6 is 0 Å². The van der Waals surface area contributed by atoms with E-state index in [1.807, 2.05) is 19.1 Å². The third kappa shape index (κ3) is 3.35. The van der Waals surface area contributed by atoms with Crippen LogP contribution < -0.4 is 5.32 Å². The van der Waals surface area contributed by atoms with Crippen molar-refractivity contribution in [3.8, 4) is 5.69 Å². The highest BCUT2D eigenvalue weighted by Crippen LogP contribution is 2.19. The minimum Gasteiger partial charge on any atom is -0.385 e. The van der Waals surface area contributed by atoms with Gasteiger partial charge in [0.25, 0.3) is 0 Å². The van der Waals surface area contributed by atoms with Gasteiger partial charge in [0.05, 0.1) is 11.4 Å². The maximum atomic E-state index is 5.05. The molecular weight excluding hydrogens is 238 g/mol. The highest BCUT2D eigenvalue weighted by atomic mass is 16.5. The Balaban J connectivity index is 2.19. The molecule has 2 rings (SSSR count). The number of hydrogen-bond acceptors (Lipinski definition) is 3. The summed E-state index contributed by atoms with van der Waals surface area (Å²) in [5.41, 5.74) is 3.41. The van der Waals surface area contributed by atoms with Crippen LogP contribution in [-0.4, -0.2) is 29.8 Å². The van der Waals surface area contributed by atoms with Gasteiger partial charge in [-0.3, -0.25) is 4.57 Å². The predicted octanol–water partition coefficient (Wildman–Crippen LogP) is 2.94. The number of benzene rings is 1.